The Labute approximate surface area is 110 Å². The van der Waals surface area contributed by atoms with Gasteiger partial charge in [-0.3, -0.25) is 0 Å². The molecule has 0 fully saturated rings. The van der Waals surface area contributed by atoms with E-state index in [1.807, 2.05) is 18.2 Å². The maximum Gasteiger partial charge on any atom is 0.171 e. The Balaban J connectivity index is 2.10. The maximum atomic E-state index is 5.23. The standard InChI is InChI=1S/C11H14N4S2/c1-11(2,3)13-10(16)12-7-4-5-8-9(6-7)15-17-14-8/h4-6H,1-3H3,(H2,12,13,16). The molecule has 0 spiro atoms. The molecule has 0 unspecified atom stereocenters. The molecule has 4 nitrogen and oxygen atoms in total. The van der Waals surface area contributed by atoms with E-state index in [-0.39, 0.29) is 5.54 Å². The van der Waals surface area contributed by atoms with Gasteiger partial charge in [-0.05, 0) is 51.2 Å². The number of nitrogens with one attached hydrogen (secondary N) is 2. The van der Waals surface area contributed by atoms with Crippen molar-refractivity contribution in [1.29, 1.82) is 0 Å². The lowest BCUT2D eigenvalue weighted by atomic mass is 10.1. The van der Waals surface area contributed by atoms with E-state index in [9.17, 15) is 0 Å². The topological polar surface area (TPSA) is 49.8 Å². The lowest BCUT2D eigenvalue weighted by Crippen LogP contribution is -2.42. The van der Waals surface area contributed by atoms with E-state index in [1.165, 1.54) is 11.7 Å². The lowest BCUT2D eigenvalue weighted by molar-refractivity contribution is 0.515. The Kier molecular flexibility index (Phi) is 3.26. The lowest BCUT2D eigenvalue weighted by Gasteiger charge is -2.23. The second-order valence-electron chi connectivity index (χ2n) is 4.80. The highest BCUT2D eigenvalue weighted by atomic mass is 32.1. The summed E-state index contributed by atoms with van der Waals surface area (Å²) in [5, 5.41) is 6.95. The molecular weight excluding hydrogens is 252 g/mol. The molecule has 90 valence electrons. The fraction of sp³-hybridized carbons (Fsp3) is 0.364. The maximum absolute atomic E-state index is 5.23. The fourth-order valence-corrected chi connectivity index (χ4v) is 2.30. The van der Waals surface area contributed by atoms with Crippen LogP contribution in [-0.4, -0.2) is 19.4 Å². The van der Waals surface area contributed by atoms with Gasteiger partial charge in [0.2, 0.25) is 0 Å². The summed E-state index contributed by atoms with van der Waals surface area (Å²) in [6.45, 7) is 6.19. The SMILES string of the molecule is CC(C)(C)NC(=S)Nc1ccc2nsnc2c1. The van der Waals surface area contributed by atoms with Crippen LogP contribution in [0, 0.1) is 0 Å². The molecule has 1 aromatic carbocycles. The van der Waals surface area contributed by atoms with Crippen LogP contribution in [0.25, 0.3) is 11.0 Å². The van der Waals surface area contributed by atoms with Crippen molar-refractivity contribution < 1.29 is 0 Å². The van der Waals surface area contributed by atoms with Crippen molar-refractivity contribution in [3.8, 4) is 0 Å². The van der Waals surface area contributed by atoms with Gasteiger partial charge in [0, 0.05) is 11.2 Å². The number of rotatable bonds is 1. The molecule has 2 rings (SSSR count). The summed E-state index contributed by atoms with van der Waals surface area (Å²) in [7, 11) is 0. The molecule has 2 aromatic rings. The van der Waals surface area contributed by atoms with Gasteiger partial charge in [0.1, 0.15) is 11.0 Å². The van der Waals surface area contributed by atoms with Gasteiger partial charge >= 0.3 is 0 Å². The minimum Gasteiger partial charge on any atom is -0.358 e. The summed E-state index contributed by atoms with van der Waals surface area (Å²) in [6.07, 6.45) is 0. The third kappa shape index (κ3) is 3.34. The van der Waals surface area contributed by atoms with Crippen molar-refractivity contribution in [3.05, 3.63) is 18.2 Å². The Morgan fingerprint density at radius 3 is 2.65 bits per heavy atom. The average molecular weight is 266 g/mol. The molecule has 6 heteroatoms. The predicted molar refractivity (Wildman–Crippen MR) is 76.5 cm³/mol. The zero-order chi connectivity index (χ0) is 12.5. The molecule has 0 aliphatic rings. The minimum absolute atomic E-state index is 0.0453. The quantitative estimate of drug-likeness (QED) is 0.777. The molecule has 1 heterocycles. The monoisotopic (exact) mass is 266 g/mol. The summed E-state index contributed by atoms with van der Waals surface area (Å²) in [6, 6.07) is 5.82. The van der Waals surface area contributed by atoms with Crippen LogP contribution in [0.2, 0.25) is 0 Å². The molecular formula is C11H14N4S2. The summed E-state index contributed by atoms with van der Waals surface area (Å²) < 4.78 is 8.34. The highest BCUT2D eigenvalue weighted by Crippen LogP contribution is 2.17. The van der Waals surface area contributed by atoms with E-state index in [1.54, 1.807) is 0 Å². The number of nitrogens with zero attached hydrogens (tertiary/aromatic N) is 2. The first-order chi connectivity index (χ1) is 7.94. The first-order valence-electron chi connectivity index (χ1n) is 5.25. The number of aromatic nitrogens is 2. The van der Waals surface area contributed by atoms with Crippen LogP contribution in [0.3, 0.4) is 0 Å². The van der Waals surface area contributed by atoms with E-state index < -0.39 is 0 Å². The van der Waals surface area contributed by atoms with Crippen molar-refractivity contribution in [2.75, 3.05) is 5.32 Å². The summed E-state index contributed by atoms with van der Waals surface area (Å²) in [4.78, 5) is 0. The third-order valence-corrected chi connectivity index (χ3v) is 2.76. The number of thiocarbonyl (C=S) groups is 1. The highest BCUT2D eigenvalue weighted by Gasteiger charge is 2.11. The van der Waals surface area contributed by atoms with E-state index in [4.69, 9.17) is 12.2 Å². The van der Waals surface area contributed by atoms with E-state index in [0.29, 0.717) is 5.11 Å². The van der Waals surface area contributed by atoms with E-state index >= 15 is 0 Å². The fourth-order valence-electron chi connectivity index (χ4n) is 1.36. The van der Waals surface area contributed by atoms with Crippen LogP contribution in [0.1, 0.15) is 20.8 Å². The van der Waals surface area contributed by atoms with Crippen LogP contribution in [0.4, 0.5) is 5.69 Å². The molecule has 0 atom stereocenters. The molecule has 0 aliphatic carbocycles. The van der Waals surface area contributed by atoms with Gasteiger partial charge in [-0.15, -0.1) is 0 Å². The Morgan fingerprint density at radius 2 is 1.94 bits per heavy atom. The molecule has 1 aromatic heterocycles. The summed E-state index contributed by atoms with van der Waals surface area (Å²) in [5.41, 5.74) is 2.68. The second kappa shape index (κ2) is 4.54. The normalized spacial score (nSPS) is 11.5. The van der Waals surface area contributed by atoms with E-state index in [0.717, 1.165) is 16.7 Å². The van der Waals surface area contributed by atoms with Gasteiger partial charge < -0.3 is 10.6 Å². The average Bonchev–Trinajstić information content (AvgIpc) is 2.61. The van der Waals surface area contributed by atoms with E-state index in [2.05, 4.69) is 40.2 Å². The number of hydrogen-bond donors (Lipinski definition) is 2. The Morgan fingerprint density at radius 1 is 1.24 bits per heavy atom. The molecule has 17 heavy (non-hydrogen) atoms. The smallest absolute Gasteiger partial charge is 0.171 e. The van der Waals surface area contributed by atoms with Crippen LogP contribution in [0.5, 0.6) is 0 Å². The Bertz CT molecular complexity index is 542. The number of fused-ring (bicyclic) bond motifs is 1. The van der Waals surface area contributed by atoms with Crippen LogP contribution in [-0.2, 0) is 0 Å². The molecule has 0 radical (unpaired) electrons. The molecule has 0 bridgehead atoms. The van der Waals surface area contributed by atoms with Gasteiger partial charge in [-0.2, -0.15) is 8.75 Å². The second-order valence-corrected chi connectivity index (χ2v) is 5.73. The zero-order valence-electron chi connectivity index (χ0n) is 9.94. The van der Waals surface area contributed by atoms with Crippen molar-refractivity contribution in [2.45, 2.75) is 26.3 Å². The largest absolute Gasteiger partial charge is 0.358 e. The van der Waals surface area contributed by atoms with Crippen molar-refractivity contribution in [2.24, 2.45) is 0 Å². The Hall–Kier alpha value is -1.27. The van der Waals surface area contributed by atoms with Crippen LogP contribution >= 0.6 is 23.9 Å². The molecule has 0 amide bonds. The van der Waals surface area contributed by atoms with Crippen molar-refractivity contribution >= 4 is 45.8 Å². The van der Waals surface area contributed by atoms with Crippen molar-refractivity contribution in [1.82, 2.24) is 14.1 Å². The molecule has 0 aliphatic heterocycles. The van der Waals surface area contributed by atoms with Gasteiger partial charge in [0.05, 0.1) is 11.7 Å². The van der Waals surface area contributed by atoms with Gasteiger partial charge in [-0.1, -0.05) is 0 Å². The van der Waals surface area contributed by atoms with Crippen LogP contribution in [0.15, 0.2) is 18.2 Å². The van der Waals surface area contributed by atoms with Gasteiger partial charge in [0.15, 0.2) is 5.11 Å². The first-order valence-corrected chi connectivity index (χ1v) is 6.39. The number of benzene rings is 1. The minimum atomic E-state index is -0.0453. The number of anilines is 1. The summed E-state index contributed by atoms with van der Waals surface area (Å²) >= 11 is 6.44. The third-order valence-electron chi connectivity index (χ3n) is 2.00. The first kappa shape index (κ1) is 12.2. The summed E-state index contributed by atoms with van der Waals surface area (Å²) in [5.74, 6) is 0. The number of hydrogen-bond acceptors (Lipinski definition) is 4. The molecule has 0 saturated heterocycles. The predicted octanol–water partition coefficient (Wildman–Crippen LogP) is 2.78. The molecule has 2 N–H and O–H groups in total. The van der Waals surface area contributed by atoms with Crippen LogP contribution < -0.4 is 10.6 Å². The van der Waals surface area contributed by atoms with Gasteiger partial charge in [-0.25, -0.2) is 0 Å². The highest BCUT2D eigenvalue weighted by molar-refractivity contribution is 7.80. The van der Waals surface area contributed by atoms with Gasteiger partial charge in [0.25, 0.3) is 0 Å². The van der Waals surface area contributed by atoms with Crippen molar-refractivity contribution in [3.63, 3.8) is 0 Å². The molecule has 0 saturated carbocycles. The zero-order valence-corrected chi connectivity index (χ0v) is 11.6.